The van der Waals surface area contributed by atoms with Crippen LogP contribution in [0.15, 0.2) is 83.8 Å². The van der Waals surface area contributed by atoms with Gasteiger partial charge in [-0.15, -0.1) is 0 Å². The van der Waals surface area contributed by atoms with Crippen LogP contribution in [0.4, 0.5) is 17.1 Å². The predicted octanol–water partition coefficient (Wildman–Crippen LogP) is 3.19. The number of nitro benzene ring substituents is 1. The molecule has 3 aromatic carbocycles. The minimum absolute atomic E-state index is 0.0480. The summed E-state index contributed by atoms with van der Waals surface area (Å²) in [6.07, 6.45) is 0. The van der Waals surface area contributed by atoms with Gasteiger partial charge in [-0.2, -0.15) is 0 Å². The Morgan fingerprint density at radius 1 is 0.906 bits per heavy atom. The van der Waals surface area contributed by atoms with E-state index in [1.165, 1.54) is 48.5 Å². The third-order valence-electron chi connectivity index (χ3n) is 4.10. The van der Waals surface area contributed by atoms with Crippen molar-refractivity contribution in [2.45, 2.75) is 4.90 Å². The topological polar surface area (TPSA) is 145 Å². The first kappa shape index (κ1) is 22.4. The molecule has 0 saturated carbocycles. The van der Waals surface area contributed by atoms with Crippen LogP contribution in [0.3, 0.4) is 0 Å². The van der Waals surface area contributed by atoms with Crippen molar-refractivity contribution in [3.63, 3.8) is 0 Å². The number of sulfonamides is 1. The first-order valence-corrected chi connectivity index (χ1v) is 10.6. The fraction of sp³-hybridized carbons (Fsp3) is 0.0476. The molecule has 0 atom stereocenters. The van der Waals surface area contributed by atoms with Gasteiger partial charge >= 0.3 is 5.97 Å². The van der Waals surface area contributed by atoms with Gasteiger partial charge < -0.3 is 10.1 Å². The van der Waals surface area contributed by atoms with Crippen LogP contribution in [-0.2, 0) is 19.6 Å². The highest BCUT2D eigenvalue weighted by Gasteiger charge is 2.16. The van der Waals surface area contributed by atoms with Crippen molar-refractivity contribution >= 4 is 39.0 Å². The van der Waals surface area contributed by atoms with Crippen LogP contribution in [0, 0.1) is 10.1 Å². The van der Waals surface area contributed by atoms with E-state index in [-0.39, 0.29) is 21.8 Å². The first-order valence-electron chi connectivity index (χ1n) is 9.14. The Labute approximate surface area is 183 Å². The van der Waals surface area contributed by atoms with Gasteiger partial charge in [0.1, 0.15) is 0 Å². The highest BCUT2D eigenvalue weighted by Crippen LogP contribution is 2.18. The fourth-order valence-electron chi connectivity index (χ4n) is 2.60. The molecule has 164 valence electrons. The number of benzene rings is 3. The average molecular weight is 455 g/mol. The van der Waals surface area contributed by atoms with E-state index in [1.807, 2.05) is 0 Å². The number of rotatable bonds is 8. The Kier molecular flexibility index (Phi) is 6.80. The van der Waals surface area contributed by atoms with Gasteiger partial charge in [0.05, 0.1) is 15.4 Å². The molecule has 0 heterocycles. The zero-order valence-electron chi connectivity index (χ0n) is 16.4. The summed E-state index contributed by atoms with van der Waals surface area (Å²) < 4.78 is 32.2. The van der Waals surface area contributed by atoms with Gasteiger partial charge in [0.25, 0.3) is 21.6 Å². The Balaban J connectivity index is 1.57. The van der Waals surface area contributed by atoms with Crippen molar-refractivity contribution in [3.05, 3.63) is 94.5 Å². The molecule has 10 nitrogen and oxygen atoms in total. The predicted molar refractivity (Wildman–Crippen MR) is 116 cm³/mol. The van der Waals surface area contributed by atoms with E-state index in [2.05, 4.69) is 10.0 Å². The van der Waals surface area contributed by atoms with E-state index in [9.17, 15) is 28.1 Å². The molecule has 3 aromatic rings. The first-order chi connectivity index (χ1) is 15.2. The Hall–Kier alpha value is -4.25. The normalized spacial score (nSPS) is 10.8. The molecule has 11 heteroatoms. The zero-order chi connectivity index (χ0) is 23.1. The summed E-state index contributed by atoms with van der Waals surface area (Å²) in [5.41, 5.74) is 0.426. The summed E-state index contributed by atoms with van der Waals surface area (Å²) in [5, 5.41) is 13.2. The van der Waals surface area contributed by atoms with E-state index >= 15 is 0 Å². The fourth-order valence-corrected chi connectivity index (χ4v) is 3.66. The van der Waals surface area contributed by atoms with Crippen molar-refractivity contribution in [1.29, 1.82) is 0 Å². The summed E-state index contributed by atoms with van der Waals surface area (Å²) in [6.45, 7) is -0.628. The van der Waals surface area contributed by atoms with E-state index in [0.29, 0.717) is 5.69 Å². The summed E-state index contributed by atoms with van der Waals surface area (Å²) in [4.78, 5) is 34.2. The molecule has 0 aliphatic carbocycles. The van der Waals surface area contributed by atoms with Crippen LogP contribution >= 0.6 is 0 Å². The van der Waals surface area contributed by atoms with Gasteiger partial charge in [0.15, 0.2) is 6.61 Å². The van der Waals surface area contributed by atoms with Gasteiger partial charge in [-0.25, -0.2) is 13.2 Å². The number of carbonyl (C=O) groups excluding carboxylic acids is 2. The quantitative estimate of drug-likeness (QED) is 0.301. The van der Waals surface area contributed by atoms with Gasteiger partial charge in [-0.1, -0.05) is 24.3 Å². The Morgan fingerprint density at radius 3 is 2.22 bits per heavy atom. The van der Waals surface area contributed by atoms with Crippen molar-refractivity contribution in [2.24, 2.45) is 0 Å². The number of ether oxygens (including phenoxy) is 1. The minimum atomic E-state index is -3.84. The molecule has 32 heavy (non-hydrogen) atoms. The Morgan fingerprint density at radius 2 is 1.56 bits per heavy atom. The number of carbonyl (C=O) groups is 2. The molecule has 0 aliphatic rings. The standard InChI is InChI=1S/C21H17N3O7S/c25-20(22-17-7-4-8-18(13-17)24(27)28)14-31-21(26)15-9-11-19(12-10-15)32(29,30)23-16-5-2-1-3-6-16/h1-13,23H,14H2,(H,22,25). The summed E-state index contributed by atoms with van der Waals surface area (Å²) in [7, 11) is -3.84. The monoisotopic (exact) mass is 455 g/mol. The SMILES string of the molecule is O=C(COC(=O)c1ccc(S(=O)(=O)Nc2ccccc2)cc1)Nc1cccc([N+](=O)[O-])c1. The van der Waals surface area contributed by atoms with Gasteiger partial charge in [-0.05, 0) is 42.5 Å². The maximum Gasteiger partial charge on any atom is 0.338 e. The third-order valence-corrected chi connectivity index (χ3v) is 5.50. The molecule has 3 rings (SSSR count). The number of non-ortho nitro benzene ring substituents is 1. The van der Waals surface area contributed by atoms with E-state index < -0.39 is 33.4 Å². The highest BCUT2D eigenvalue weighted by molar-refractivity contribution is 7.92. The number of nitrogens with one attached hydrogen (secondary N) is 2. The van der Waals surface area contributed by atoms with Crippen LogP contribution in [0.1, 0.15) is 10.4 Å². The summed E-state index contributed by atoms with van der Waals surface area (Å²) in [5.74, 6) is -1.52. The van der Waals surface area contributed by atoms with Gasteiger partial charge in [0.2, 0.25) is 0 Å². The molecule has 0 radical (unpaired) electrons. The largest absolute Gasteiger partial charge is 0.452 e. The lowest BCUT2D eigenvalue weighted by Crippen LogP contribution is -2.21. The van der Waals surface area contributed by atoms with Crippen LogP contribution in [0.5, 0.6) is 0 Å². The molecular formula is C21H17N3O7S. The number of nitro groups is 1. The van der Waals surface area contributed by atoms with Crippen molar-refractivity contribution in [2.75, 3.05) is 16.6 Å². The van der Waals surface area contributed by atoms with Gasteiger partial charge in [-0.3, -0.25) is 19.6 Å². The smallest absolute Gasteiger partial charge is 0.338 e. The summed E-state index contributed by atoms with van der Waals surface area (Å²) in [6, 6.07) is 18.6. The molecule has 0 aliphatic heterocycles. The van der Waals surface area contributed by atoms with Crippen LogP contribution in [0.25, 0.3) is 0 Å². The van der Waals surface area contributed by atoms with Crippen LogP contribution in [-0.4, -0.2) is 31.8 Å². The molecule has 0 saturated heterocycles. The second-order valence-corrected chi connectivity index (χ2v) is 8.11. The molecule has 0 unspecified atom stereocenters. The maximum absolute atomic E-state index is 12.4. The number of esters is 1. The average Bonchev–Trinajstić information content (AvgIpc) is 2.78. The number of anilines is 2. The number of hydrogen-bond donors (Lipinski definition) is 2. The maximum atomic E-state index is 12.4. The van der Waals surface area contributed by atoms with Crippen molar-refractivity contribution in [1.82, 2.24) is 0 Å². The van der Waals surface area contributed by atoms with Crippen LogP contribution in [0.2, 0.25) is 0 Å². The Bertz CT molecular complexity index is 1240. The van der Waals surface area contributed by atoms with Crippen molar-refractivity contribution in [3.8, 4) is 0 Å². The number of hydrogen-bond acceptors (Lipinski definition) is 7. The second kappa shape index (κ2) is 9.71. The highest BCUT2D eigenvalue weighted by atomic mass is 32.2. The molecule has 0 aromatic heterocycles. The van der Waals surface area contributed by atoms with Crippen LogP contribution < -0.4 is 10.0 Å². The number of amides is 1. The van der Waals surface area contributed by atoms with E-state index in [1.54, 1.807) is 30.3 Å². The molecule has 0 spiro atoms. The summed E-state index contributed by atoms with van der Waals surface area (Å²) >= 11 is 0. The lowest BCUT2D eigenvalue weighted by atomic mass is 10.2. The molecule has 0 fully saturated rings. The number of nitrogens with zero attached hydrogens (tertiary/aromatic N) is 1. The molecule has 0 bridgehead atoms. The second-order valence-electron chi connectivity index (χ2n) is 6.43. The van der Waals surface area contributed by atoms with Gasteiger partial charge in [0, 0.05) is 23.5 Å². The molecule has 2 N–H and O–H groups in total. The van der Waals surface area contributed by atoms with E-state index in [4.69, 9.17) is 4.74 Å². The van der Waals surface area contributed by atoms with E-state index in [0.717, 1.165) is 0 Å². The lowest BCUT2D eigenvalue weighted by molar-refractivity contribution is -0.384. The third kappa shape index (κ3) is 5.89. The zero-order valence-corrected chi connectivity index (χ0v) is 17.2. The molecular weight excluding hydrogens is 438 g/mol. The number of para-hydroxylation sites is 1. The minimum Gasteiger partial charge on any atom is -0.452 e. The molecule has 1 amide bonds. The lowest BCUT2D eigenvalue weighted by Gasteiger charge is -2.09. The van der Waals surface area contributed by atoms with Crippen molar-refractivity contribution < 1.29 is 27.7 Å².